The van der Waals surface area contributed by atoms with Gasteiger partial charge in [0.15, 0.2) is 0 Å². The molecule has 0 aliphatic carbocycles. The molecule has 0 amide bonds. The van der Waals surface area contributed by atoms with E-state index in [1.165, 1.54) is 0 Å². The molecule has 0 fully saturated rings. The van der Waals surface area contributed by atoms with Crippen molar-refractivity contribution in [1.29, 1.82) is 0 Å². The molecular formula is C10H17NO2. The predicted molar refractivity (Wildman–Crippen MR) is 53.4 cm³/mol. The summed E-state index contributed by atoms with van der Waals surface area (Å²) in [5, 5.41) is 8.89. The molecule has 0 bridgehead atoms. The minimum Gasteiger partial charge on any atom is -0.480 e. The predicted octanol–water partition coefficient (Wildman–Crippen LogP) is 1.70. The summed E-state index contributed by atoms with van der Waals surface area (Å²) in [6.07, 6.45) is 5.47. The van der Waals surface area contributed by atoms with Crippen molar-refractivity contribution in [3.63, 3.8) is 0 Å². The summed E-state index contributed by atoms with van der Waals surface area (Å²) < 4.78 is 0. The van der Waals surface area contributed by atoms with E-state index in [1.54, 1.807) is 12.2 Å². The maximum Gasteiger partial charge on any atom is 0.323 e. The van der Waals surface area contributed by atoms with Crippen molar-refractivity contribution < 1.29 is 9.90 Å². The molecule has 13 heavy (non-hydrogen) atoms. The molecule has 0 aromatic heterocycles. The van der Waals surface area contributed by atoms with E-state index >= 15 is 0 Å². The molecule has 0 aliphatic rings. The molecular weight excluding hydrogens is 166 g/mol. The second kappa shape index (κ2) is 5.54. The molecule has 0 aliphatic heterocycles. The van der Waals surface area contributed by atoms with E-state index in [2.05, 4.69) is 13.2 Å². The first-order chi connectivity index (χ1) is 6.06. The fraction of sp³-hybridized carbons (Fsp3) is 0.500. The summed E-state index contributed by atoms with van der Waals surface area (Å²) >= 11 is 0. The first-order valence-electron chi connectivity index (χ1n) is 4.31. The monoisotopic (exact) mass is 183 g/mol. The summed E-state index contributed by atoms with van der Waals surface area (Å²) in [6.45, 7) is 7.07. The lowest BCUT2D eigenvalue weighted by Crippen LogP contribution is -2.47. The van der Waals surface area contributed by atoms with Crippen molar-refractivity contribution in [1.82, 2.24) is 0 Å². The first-order valence-corrected chi connectivity index (χ1v) is 4.31. The fourth-order valence-electron chi connectivity index (χ4n) is 1.06. The van der Waals surface area contributed by atoms with Gasteiger partial charge >= 0.3 is 5.97 Å². The molecule has 0 heterocycles. The Morgan fingerprint density at radius 2 is 1.69 bits per heavy atom. The molecule has 0 radical (unpaired) electrons. The van der Waals surface area contributed by atoms with Crippen molar-refractivity contribution in [3.05, 3.63) is 25.3 Å². The quantitative estimate of drug-likeness (QED) is 0.590. The molecule has 0 rings (SSSR count). The molecule has 0 aromatic rings. The zero-order chi connectivity index (χ0) is 10.3. The van der Waals surface area contributed by atoms with Crippen LogP contribution in [0.4, 0.5) is 0 Å². The van der Waals surface area contributed by atoms with Crippen LogP contribution in [0.3, 0.4) is 0 Å². The van der Waals surface area contributed by atoms with E-state index in [0.717, 1.165) is 0 Å². The molecule has 3 nitrogen and oxygen atoms in total. The van der Waals surface area contributed by atoms with Crippen LogP contribution in [0, 0.1) is 0 Å². The Hall–Kier alpha value is -1.09. The van der Waals surface area contributed by atoms with Gasteiger partial charge in [0.1, 0.15) is 5.54 Å². The van der Waals surface area contributed by atoms with E-state index in [4.69, 9.17) is 10.8 Å². The number of carboxylic acid groups (broad SMARTS) is 1. The maximum atomic E-state index is 10.8. The molecule has 3 N–H and O–H groups in total. The Morgan fingerprint density at radius 3 is 1.92 bits per heavy atom. The SMILES string of the molecule is C=CCCC(N)(CCC=C)C(=O)O. The Labute approximate surface area is 78.9 Å². The maximum absolute atomic E-state index is 10.8. The third-order valence-electron chi connectivity index (χ3n) is 2.02. The number of nitrogens with two attached hydrogens (primary N) is 1. The van der Waals surface area contributed by atoms with E-state index in [0.29, 0.717) is 25.7 Å². The summed E-state index contributed by atoms with van der Waals surface area (Å²) in [4.78, 5) is 10.8. The van der Waals surface area contributed by atoms with Gasteiger partial charge < -0.3 is 10.8 Å². The van der Waals surface area contributed by atoms with Gasteiger partial charge in [-0.1, -0.05) is 12.2 Å². The highest BCUT2D eigenvalue weighted by Gasteiger charge is 2.31. The van der Waals surface area contributed by atoms with Crippen LogP contribution in [-0.2, 0) is 4.79 Å². The fourth-order valence-corrected chi connectivity index (χ4v) is 1.06. The van der Waals surface area contributed by atoms with Gasteiger partial charge in [0, 0.05) is 0 Å². The van der Waals surface area contributed by atoms with E-state index in [9.17, 15) is 4.79 Å². The third-order valence-corrected chi connectivity index (χ3v) is 2.02. The molecule has 0 aromatic carbocycles. The molecule has 0 unspecified atom stereocenters. The highest BCUT2D eigenvalue weighted by molar-refractivity contribution is 5.78. The Kier molecular flexibility index (Phi) is 5.07. The van der Waals surface area contributed by atoms with Crippen LogP contribution < -0.4 is 5.73 Å². The number of hydrogen-bond acceptors (Lipinski definition) is 2. The lowest BCUT2D eigenvalue weighted by atomic mass is 9.89. The van der Waals surface area contributed by atoms with Gasteiger partial charge in [-0.2, -0.15) is 0 Å². The Balaban J connectivity index is 4.23. The van der Waals surface area contributed by atoms with Crippen LogP contribution in [0.15, 0.2) is 25.3 Å². The second-order valence-electron chi connectivity index (χ2n) is 3.12. The summed E-state index contributed by atoms with van der Waals surface area (Å²) in [5.74, 6) is -0.948. The Bertz CT molecular complexity index is 187. The minimum atomic E-state index is -1.12. The summed E-state index contributed by atoms with van der Waals surface area (Å²) in [7, 11) is 0. The third kappa shape index (κ3) is 3.90. The number of hydrogen-bond donors (Lipinski definition) is 2. The molecule has 0 atom stereocenters. The largest absolute Gasteiger partial charge is 0.480 e. The molecule has 0 spiro atoms. The minimum absolute atomic E-state index is 0.430. The number of carboxylic acids is 1. The number of allylic oxidation sites excluding steroid dienone is 2. The van der Waals surface area contributed by atoms with E-state index < -0.39 is 11.5 Å². The highest BCUT2D eigenvalue weighted by Crippen LogP contribution is 2.17. The highest BCUT2D eigenvalue weighted by atomic mass is 16.4. The summed E-state index contributed by atoms with van der Waals surface area (Å²) in [5.41, 5.74) is 4.60. The van der Waals surface area contributed by atoms with Gasteiger partial charge in [0.25, 0.3) is 0 Å². The molecule has 74 valence electrons. The van der Waals surface area contributed by atoms with Crippen molar-refractivity contribution in [2.75, 3.05) is 0 Å². The van der Waals surface area contributed by atoms with Gasteiger partial charge in [-0.15, -0.1) is 13.2 Å². The zero-order valence-electron chi connectivity index (χ0n) is 7.83. The zero-order valence-corrected chi connectivity index (χ0v) is 7.83. The van der Waals surface area contributed by atoms with E-state index in [1.807, 2.05) is 0 Å². The van der Waals surface area contributed by atoms with Gasteiger partial charge in [0.2, 0.25) is 0 Å². The van der Waals surface area contributed by atoms with Crippen LogP contribution in [0.2, 0.25) is 0 Å². The van der Waals surface area contributed by atoms with Crippen molar-refractivity contribution in [3.8, 4) is 0 Å². The smallest absolute Gasteiger partial charge is 0.323 e. The van der Waals surface area contributed by atoms with Crippen molar-refractivity contribution >= 4 is 5.97 Å². The molecule has 3 heteroatoms. The van der Waals surface area contributed by atoms with E-state index in [-0.39, 0.29) is 0 Å². The normalized spacial score (nSPS) is 10.8. The van der Waals surface area contributed by atoms with Crippen molar-refractivity contribution in [2.45, 2.75) is 31.2 Å². The van der Waals surface area contributed by atoms with Gasteiger partial charge in [-0.05, 0) is 25.7 Å². The molecule has 0 saturated carbocycles. The van der Waals surface area contributed by atoms with Gasteiger partial charge in [-0.25, -0.2) is 0 Å². The van der Waals surface area contributed by atoms with Gasteiger partial charge in [0.05, 0.1) is 0 Å². The van der Waals surface area contributed by atoms with Gasteiger partial charge in [-0.3, -0.25) is 4.79 Å². The average Bonchev–Trinajstić information content (AvgIpc) is 2.11. The lowest BCUT2D eigenvalue weighted by Gasteiger charge is -2.23. The van der Waals surface area contributed by atoms with Crippen LogP contribution >= 0.6 is 0 Å². The number of aliphatic carboxylic acids is 1. The van der Waals surface area contributed by atoms with Crippen LogP contribution in [0.5, 0.6) is 0 Å². The van der Waals surface area contributed by atoms with Crippen LogP contribution in [0.1, 0.15) is 25.7 Å². The summed E-state index contributed by atoms with van der Waals surface area (Å²) in [6, 6.07) is 0. The second-order valence-corrected chi connectivity index (χ2v) is 3.12. The topological polar surface area (TPSA) is 63.3 Å². The van der Waals surface area contributed by atoms with Crippen LogP contribution in [-0.4, -0.2) is 16.6 Å². The lowest BCUT2D eigenvalue weighted by molar-refractivity contribution is -0.143. The first kappa shape index (κ1) is 11.9. The number of carbonyl (C=O) groups is 1. The number of rotatable bonds is 7. The Morgan fingerprint density at radius 1 is 1.31 bits per heavy atom. The van der Waals surface area contributed by atoms with Crippen molar-refractivity contribution in [2.24, 2.45) is 5.73 Å². The molecule has 0 saturated heterocycles. The average molecular weight is 183 g/mol. The standard InChI is InChI=1S/C10H17NO2/c1-3-5-7-10(11,9(12)13)8-6-4-2/h3-4H,1-2,5-8,11H2,(H,12,13). The van der Waals surface area contributed by atoms with Crippen LogP contribution in [0.25, 0.3) is 0 Å².